The smallest absolute Gasteiger partial charge is 0.125 e. The summed E-state index contributed by atoms with van der Waals surface area (Å²) in [6, 6.07) is 5.86. The fourth-order valence-corrected chi connectivity index (χ4v) is 1.67. The summed E-state index contributed by atoms with van der Waals surface area (Å²) in [5, 5.41) is 0. The van der Waals surface area contributed by atoms with Crippen LogP contribution in [-0.4, -0.2) is 34.0 Å². The Balaban J connectivity index is 2.69. The molecule has 0 fully saturated rings. The molecule has 0 aliphatic carbocycles. The van der Waals surface area contributed by atoms with Gasteiger partial charge >= 0.3 is 0 Å². The first-order valence-electron chi connectivity index (χ1n) is 5.66. The fourth-order valence-electron chi connectivity index (χ4n) is 1.67. The molecule has 1 atom stereocenters. The number of hydrogen-bond acceptors (Lipinski definition) is 4. The Morgan fingerprint density at radius 1 is 1.18 bits per heavy atom. The zero-order valence-corrected chi connectivity index (χ0v) is 10.7. The van der Waals surface area contributed by atoms with Crippen LogP contribution in [0.3, 0.4) is 0 Å². The van der Waals surface area contributed by atoms with Crippen molar-refractivity contribution in [2.75, 3.05) is 27.9 Å². The first-order valence-corrected chi connectivity index (χ1v) is 5.66. The normalized spacial score (nSPS) is 12.2. The molecule has 0 aromatic heterocycles. The molecule has 0 heterocycles. The Kier molecular flexibility index (Phi) is 5.80. The van der Waals surface area contributed by atoms with E-state index in [2.05, 4.69) is 0 Å². The standard InChI is InChI=1S/C13H21NO3/c1-15-7-6-11(14)8-10-4-5-12(16-2)9-13(10)17-3/h4-5,9,11H,6-8,14H2,1-3H3. The van der Waals surface area contributed by atoms with Gasteiger partial charge in [0.25, 0.3) is 0 Å². The highest BCUT2D eigenvalue weighted by atomic mass is 16.5. The van der Waals surface area contributed by atoms with Crippen LogP contribution in [0.2, 0.25) is 0 Å². The molecule has 1 aromatic carbocycles. The molecular weight excluding hydrogens is 218 g/mol. The van der Waals surface area contributed by atoms with Crippen LogP contribution in [0.4, 0.5) is 0 Å². The van der Waals surface area contributed by atoms with E-state index in [-0.39, 0.29) is 6.04 Å². The SMILES string of the molecule is COCCC(N)Cc1ccc(OC)cc1OC. The summed E-state index contributed by atoms with van der Waals surface area (Å²) in [7, 11) is 4.97. The van der Waals surface area contributed by atoms with Crippen molar-refractivity contribution in [1.82, 2.24) is 0 Å². The lowest BCUT2D eigenvalue weighted by Crippen LogP contribution is -2.24. The van der Waals surface area contributed by atoms with Gasteiger partial charge in [0.15, 0.2) is 0 Å². The number of rotatable bonds is 7. The van der Waals surface area contributed by atoms with Crippen molar-refractivity contribution in [2.24, 2.45) is 5.73 Å². The minimum absolute atomic E-state index is 0.0808. The van der Waals surface area contributed by atoms with Crippen molar-refractivity contribution in [3.8, 4) is 11.5 Å². The molecule has 0 saturated heterocycles. The highest BCUT2D eigenvalue weighted by Gasteiger charge is 2.09. The zero-order chi connectivity index (χ0) is 12.7. The topological polar surface area (TPSA) is 53.7 Å². The molecule has 0 aliphatic heterocycles. The van der Waals surface area contributed by atoms with Gasteiger partial charge in [0, 0.05) is 25.8 Å². The van der Waals surface area contributed by atoms with Crippen molar-refractivity contribution >= 4 is 0 Å². The minimum Gasteiger partial charge on any atom is -0.497 e. The van der Waals surface area contributed by atoms with Gasteiger partial charge in [-0.3, -0.25) is 0 Å². The first kappa shape index (κ1) is 13.8. The lowest BCUT2D eigenvalue weighted by Gasteiger charge is -2.14. The molecule has 1 rings (SSSR count). The number of methoxy groups -OCH3 is 3. The molecule has 17 heavy (non-hydrogen) atoms. The van der Waals surface area contributed by atoms with E-state index in [1.165, 1.54) is 0 Å². The monoisotopic (exact) mass is 239 g/mol. The average Bonchev–Trinajstić information content (AvgIpc) is 2.36. The van der Waals surface area contributed by atoms with E-state index in [9.17, 15) is 0 Å². The van der Waals surface area contributed by atoms with E-state index in [0.29, 0.717) is 6.61 Å². The van der Waals surface area contributed by atoms with Crippen LogP contribution in [0.1, 0.15) is 12.0 Å². The second-order valence-corrected chi connectivity index (χ2v) is 3.92. The summed E-state index contributed by atoms with van der Waals surface area (Å²) in [5.74, 6) is 1.60. The number of benzene rings is 1. The van der Waals surface area contributed by atoms with Crippen LogP contribution in [0.5, 0.6) is 11.5 Å². The molecule has 4 nitrogen and oxygen atoms in total. The lowest BCUT2D eigenvalue weighted by molar-refractivity contribution is 0.187. The highest BCUT2D eigenvalue weighted by Crippen LogP contribution is 2.25. The second kappa shape index (κ2) is 7.14. The van der Waals surface area contributed by atoms with E-state index in [1.54, 1.807) is 21.3 Å². The van der Waals surface area contributed by atoms with Gasteiger partial charge in [-0.1, -0.05) is 6.07 Å². The third-order valence-corrected chi connectivity index (χ3v) is 2.67. The first-order chi connectivity index (χ1) is 8.21. The molecule has 4 heteroatoms. The van der Waals surface area contributed by atoms with Gasteiger partial charge < -0.3 is 19.9 Å². The van der Waals surface area contributed by atoms with Crippen molar-refractivity contribution in [3.63, 3.8) is 0 Å². The maximum atomic E-state index is 6.02. The largest absolute Gasteiger partial charge is 0.497 e. The van der Waals surface area contributed by atoms with E-state index in [1.807, 2.05) is 18.2 Å². The molecule has 0 spiro atoms. The quantitative estimate of drug-likeness (QED) is 0.785. The molecule has 0 bridgehead atoms. The molecule has 0 radical (unpaired) electrons. The van der Waals surface area contributed by atoms with Gasteiger partial charge in [-0.05, 0) is 24.5 Å². The lowest BCUT2D eigenvalue weighted by atomic mass is 10.0. The van der Waals surface area contributed by atoms with Gasteiger partial charge in [0.2, 0.25) is 0 Å². The maximum Gasteiger partial charge on any atom is 0.125 e. The summed E-state index contributed by atoms with van der Waals surface area (Å²) >= 11 is 0. The molecular formula is C13H21NO3. The predicted molar refractivity (Wildman–Crippen MR) is 67.7 cm³/mol. The van der Waals surface area contributed by atoms with E-state index < -0.39 is 0 Å². The van der Waals surface area contributed by atoms with Gasteiger partial charge in [0.1, 0.15) is 11.5 Å². The van der Waals surface area contributed by atoms with Crippen molar-refractivity contribution in [3.05, 3.63) is 23.8 Å². The molecule has 2 N–H and O–H groups in total. The number of nitrogens with two attached hydrogens (primary N) is 1. The van der Waals surface area contributed by atoms with Crippen LogP contribution in [-0.2, 0) is 11.2 Å². The molecule has 0 saturated carbocycles. The zero-order valence-electron chi connectivity index (χ0n) is 10.7. The van der Waals surface area contributed by atoms with Gasteiger partial charge in [-0.2, -0.15) is 0 Å². The Morgan fingerprint density at radius 2 is 1.94 bits per heavy atom. The van der Waals surface area contributed by atoms with Gasteiger partial charge in [0.05, 0.1) is 14.2 Å². The molecule has 0 aliphatic rings. The van der Waals surface area contributed by atoms with E-state index >= 15 is 0 Å². The Labute approximate surface area is 103 Å². The van der Waals surface area contributed by atoms with Crippen molar-refractivity contribution in [2.45, 2.75) is 18.9 Å². The average molecular weight is 239 g/mol. The summed E-state index contributed by atoms with van der Waals surface area (Å²) in [6.45, 7) is 0.680. The van der Waals surface area contributed by atoms with E-state index in [0.717, 1.165) is 29.9 Å². The van der Waals surface area contributed by atoms with Crippen LogP contribution in [0.25, 0.3) is 0 Å². The Bertz CT molecular complexity index is 341. The summed E-state index contributed by atoms with van der Waals surface area (Å²) in [5.41, 5.74) is 7.11. The highest BCUT2D eigenvalue weighted by molar-refractivity contribution is 5.41. The third-order valence-electron chi connectivity index (χ3n) is 2.67. The summed E-state index contributed by atoms with van der Waals surface area (Å²) in [6.07, 6.45) is 1.61. The van der Waals surface area contributed by atoms with Gasteiger partial charge in [-0.15, -0.1) is 0 Å². The maximum absolute atomic E-state index is 6.02. The van der Waals surface area contributed by atoms with Crippen molar-refractivity contribution in [1.29, 1.82) is 0 Å². The van der Waals surface area contributed by atoms with Crippen LogP contribution in [0, 0.1) is 0 Å². The fraction of sp³-hybridized carbons (Fsp3) is 0.538. The molecule has 0 amide bonds. The predicted octanol–water partition coefficient (Wildman–Crippen LogP) is 1.61. The van der Waals surface area contributed by atoms with Crippen LogP contribution >= 0.6 is 0 Å². The second-order valence-electron chi connectivity index (χ2n) is 3.92. The van der Waals surface area contributed by atoms with Crippen LogP contribution < -0.4 is 15.2 Å². The third kappa shape index (κ3) is 4.24. The summed E-state index contributed by atoms with van der Waals surface area (Å²) in [4.78, 5) is 0. The number of hydrogen-bond donors (Lipinski definition) is 1. The van der Waals surface area contributed by atoms with Gasteiger partial charge in [-0.25, -0.2) is 0 Å². The number of ether oxygens (including phenoxy) is 3. The Hall–Kier alpha value is -1.26. The van der Waals surface area contributed by atoms with Crippen molar-refractivity contribution < 1.29 is 14.2 Å². The molecule has 1 aromatic rings. The van der Waals surface area contributed by atoms with E-state index in [4.69, 9.17) is 19.9 Å². The summed E-state index contributed by atoms with van der Waals surface area (Å²) < 4.78 is 15.5. The van der Waals surface area contributed by atoms with Crippen LogP contribution in [0.15, 0.2) is 18.2 Å². The minimum atomic E-state index is 0.0808. The molecule has 96 valence electrons. The Morgan fingerprint density at radius 3 is 2.53 bits per heavy atom. The molecule has 1 unspecified atom stereocenters.